The number of alkyl halides is 5. The van der Waals surface area contributed by atoms with Gasteiger partial charge in [-0.25, -0.2) is 13.8 Å². The van der Waals surface area contributed by atoms with Crippen LogP contribution in [0.4, 0.5) is 22.0 Å². The van der Waals surface area contributed by atoms with Crippen LogP contribution in [0.5, 0.6) is 0 Å². The molecular weight excluding hydrogens is 405 g/mol. The number of fused-ring (bicyclic) bond motifs is 1. The van der Waals surface area contributed by atoms with Crippen molar-refractivity contribution in [2.24, 2.45) is 0 Å². The number of aromatic nitrogens is 2. The maximum atomic E-state index is 14.0. The average Bonchev–Trinajstić information content (AvgIpc) is 3.12. The summed E-state index contributed by atoms with van der Waals surface area (Å²) in [5, 5.41) is 2.48. The Kier molecular flexibility index (Phi) is 5.21. The van der Waals surface area contributed by atoms with Gasteiger partial charge in [-0.3, -0.25) is 9.36 Å². The number of hydrogen-bond donors (Lipinski definition) is 1. The quantitative estimate of drug-likeness (QED) is 0.603. The number of benzene rings is 2. The summed E-state index contributed by atoms with van der Waals surface area (Å²) in [5.41, 5.74) is 0.791. The van der Waals surface area contributed by atoms with Crippen LogP contribution in [-0.2, 0) is 6.18 Å². The highest BCUT2D eigenvalue weighted by atomic mass is 19.4. The van der Waals surface area contributed by atoms with Crippen molar-refractivity contribution in [3.8, 4) is 5.69 Å². The van der Waals surface area contributed by atoms with Crippen molar-refractivity contribution in [3.63, 3.8) is 0 Å². The van der Waals surface area contributed by atoms with Gasteiger partial charge in [-0.15, -0.1) is 0 Å². The van der Waals surface area contributed by atoms with Crippen LogP contribution in [-0.4, -0.2) is 33.8 Å². The second kappa shape index (κ2) is 7.70. The fraction of sp³-hybridized carbons (Fsp3) is 0.333. The van der Waals surface area contributed by atoms with Gasteiger partial charge in [-0.05, 0) is 55.7 Å². The molecule has 30 heavy (non-hydrogen) atoms. The zero-order valence-corrected chi connectivity index (χ0v) is 15.7. The zero-order chi connectivity index (χ0) is 21.5. The Hall–Kier alpha value is -2.97. The van der Waals surface area contributed by atoms with Gasteiger partial charge in [0.1, 0.15) is 6.17 Å². The van der Waals surface area contributed by atoms with Crippen molar-refractivity contribution in [2.45, 2.75) is 43.8 Å². The third kappa shape index (κ3) is 3.76. The van der Waals surface area contributed by atoms with Crippen molar-refractivity contribution >= 4 is 16.9 Å². The minimum Gasteiger partial charge on any atom is -0.346 e. The van der Waals surface area contributed by atoms with Gasteiger partial charge in [-0.1, -0.05) is 12.1 Å². The van der Waals surface area contributed by atoms with Crippen molar-refractivity contribution in [3.05, 3.63) is 59.9 Å². The number of rotatable bonds is 3. The number of carbonyl (C=O) groups excluding carboxylic acids is 1. The van der Waals surface area contributed by atoms with Gasteiger partial charge in [0.15, 0.2) is 6.17 Å². The molecule has 0 aliphatic heterocycles. The van der Waals surface area contributed by atoms with E-state index in [1.54, 1.807) is 12.1 Å². The molecule has 1 aliphatic rings. The lowest BCUT2D eigenvalue weighted by atomic mass is 9.92. The zero-order valence-electron chi connectivity index (χ0n) is 15.7. The Morgan fingerprint density at radius 2 is 1.73 bits per heavy atom. The number of nitrogens with zero attached hydrogens (tertiary/aromatic N) is 2. The molecule has 9 heteroatoms. The van der Waals surface area contributed by atoms with Crippen molar-refractivity contribution in [1.82, 2.24) is 14.9 Å². The Morgan fingerprint density at radius 1 is 1.03 bits per heavy atom. The highest BCUT2D eigenvalue weighted by Crippen LogP contribution is 2.33. The maximum Gasteiger partial charge on any atom is 0.450 e. The van der Waals surface area contributed by atoms with Crippen molar-refractivity contribution in [2.75, 3.05) is 0 Å². The molecule has 2 aromatic carbocycles. The number of para-hydroxylation sites is 2. The summed E-state index contributed by atoms with van der Waals surface area (Å²) in [6.07, 6.45) is -7.12. The van der Waals surface area contributed by atoms with Gasteiger partial charge in [-0.2, -0.15) is 13.2 Å². The lowest BCUT2D eigenvalue weighted by molar-refractivity contribution is -0.145. The molecule has 1 aromatic heterocycles. The van der Waals surface area contributed by atoms with Crippen molar-refractivity contribution in [1.29, 1.82) is 0 Å². The molecule has 4 rings (SSSR count). The third-order valence-electron chi connectivity index (χ3n) is 5.24. The molecule has 158 valence electrons. The maximum absolute atomic E-state index is 14.0. The molecule has 1 fully saturated rings. The highest BCUT2D eigenvalue weighted by Gasteiger charge is 2.38. The lowest BCUT2D eigenvalue weighted by Crippen LogP contribution is -2.47. The van der Waals surface area contributed by atoms with E-state index >= 15 is 0 Å². The molecule has 1 N–H and O–H groups in total. The Balaban J connectivity index is 1.62. The molecule has 1 heterocycles. The van der Waals surface area contributed by atoms with Gasteiger partial charge >= 0.3 is 6.18 Å². The summed E-state index contributed by atoms with van der Waals surface area (Å²) in [6, 6.07) is 10.7. The highest BCUT2D eigenvalue weighted by molar-refractivity contribution is 5.94. The van der Waals surface area contributed by atoms with Crippen LogP contribution in [0, 0.1) is 0 Å². The van der Waals surface area contributed by atoms with E-state index in [0.717, 1.165) is 4.57 Å². The number of halogens is 5. The molecule has 0 bridgehead atoms. The first-order chi connectivity index (χ1) is 14.3. The van der Waals surface area contributed by atoms with Crippen molar-refractivity contribution < 1.29 is 26.7 Å². The van der Waals surface area contributed by atoms with Crippen LogP contribution in [0.3, 0.4) is 0 Å². The lowest BCUT2D eigenvalue weighted by Gasteiger charge is -2.29. The molecule has 1 aliphatic carbocycles. The fourth-order valence-corrected chi connectivity index (χ4v) is 3.75. The Bertz CT molecular complexity index is 1060. The standard InChI is InChI=1S/C21H18F5N3O/c22-14-4-3-6-16(18(14)23)27-19(30)12-8-10-13(11-9-12)29-17-7-2-1-5-15(17)28-20(29)21(24,25)26/h1-2,5,7-11,14,16,18H,3-4,6H2,(H,27,30)/t14?,16-,18?/m1/s1. The molecule has 2 unspecified atom stereocenters. The van der Waals surface area contributed by atoms with E-state index in [9.17, 15) is 26.7 Å². The number of amides is 1. The number of carbonyl (C=O) groups is 1. The first kappa shape index (κ1) is 20.3. The van der Waals surface area contributed by atoms with E-state index < -0.39 is 36.3 Å². The smallest absolute Gasteiger partial charge is 0.346 e. The van der Waals surface area contributed by atoms with Crippen LogP contribution >= 0.6 is 0 Å². The van der Waals surface area contributed by atoms with Gasteiger partial charge < -0.3 is 5.32 Å². The first-order valence-electron chi connectivity index (χ1n) is 9.50. The second-order valence-electron chi connectivity index (χ2n) is 7.28. The number of imidazole rings is 1. The molecule has 3 aromatic rings. The van der Waals surface area contributed by atoms with Gasteiger partial charge in [0, 0.05) is 11.3 Å². The SMILES string of the molecule is O=C(N[C@@H]1CCCC(F)C1F)c1ccc(-n2c(C(F)(F)F)nc3ccccc32)cc1. The van der Waals surface area contributed by atoms with Gasteiger partial charge in [0.05, 0.1) is 17.1 Å². The molecular formula is C21H18F5N3O. The third-order valence-corrected chi connectivity index (χ3v) is 5.24. The van der Waals surface area contributed by atoms with Crippen LogP contribution in [0.25, 0.3) is 16.7 Å². The Morgan fingerprint density at radius 3 is 2.43 bits per heavy atom. The molecule has 1 saturated carbocycles. The summed E-state index contributed by atoms with van der Waals surface area (Å²) in [6.45, 7) is 0. The van der Waals surface area contributed by atoms with E-state index in [-0.39, 0.29) is 28.7 Å². The van der Waals surface area contributed by atoms with Crippen LogP contribution in [0.1, 0.15) is 35.4 Å². The predicted octanol–water partition coefficient (Wildman–Crippen LogP) is 5.00. The minimum atomic E-state index is -4.67. The van der Waals surface area contributed by atoms with E-state index in [1.807, 2.05) is 0 Å². The van der Waals surface area contributed by atoms with Crippen LogP contribution < -0.4 is 5.32 Å². The number of nitrogens with one attached hydrogen (secondary N) is 1. The Labute approximate surface area is 168 Å². The summed E-state index contributed by atoms with van der Waals surface area (Å²) < 4.78 is 69.0. The average molecular weight is 423 g/mol. The first-order valence-corrected chi connectivity index (χ1v) is 9.50. The molecule has 0 spiro atoms. The van der Waals surface area contributed by atoms with E-state index in [2.05, 4.69) is 10.3 Å². The summed E-state index contributed by atoms with van der Waals surface area (Å²) >= 11 is 0. The topological polar surface area (TPSA) is 46.9 Å². The monoisotopic (exact) mass is 423 g/mol. The molecule has 3 atom stereocenters. The van der Waals surface area contributed by atoms with Crippen LogP contribution in [0.15, 0.2) is 48.5 Å². The fourth-order valence-electron chi connectivity index (χ4n) is 3.75. The van der Waals surface area contributed by atoms with E-state index in [1.165, 1.54) is 36.4 Å². The summed E-state index contributed by atoms with van der Waals surface area (Å²) in [7, 11) is 0. The summed E-state index contributed by atoms with van der Waals surface area (Å²) in [5.74, 6) is -1.67. The normalized spacial score (nSPS) is 22.2. The number of hydrogen-bond acceptors (Lipinski definition) is 2. The van der Waals surface area contributed by atoms with E-state index in [4.69, 9.17) is 0 Å². The van der Waals surface area contributed by atoms with E-state index in [0.29, 0.717) is 12.8 Å². The molecule has 4 nitrogen and oxygen atoms in total. The molecule has 0 saturated heterocycles. The van der Waals surface area contributed by atoms with Gasteiger partial charge in [0.2, 0.25) is 5.82 Å². The van der Waals surface area contributed by atoms with Crippen LogP contribution in [0.2, 0.25) is 0 Å². The second-order valence-corrected chi connectivity index (χ2v) is 7.28. The van der Waals surface area contributed by atoms with Gasteiger partial charge in [0.25, 0.3) is 5.91 Å². The minimum absolute atomic E-state index is 0.128. The molecule has 1 amide bonds. The largest absolute Gasteiger partial charge is 0.450 e. The molecule has 0 radical (unpaired) electrons. The summed E-state index contributed by atoms with van der Waals surface area (Å²) in [4.78, 5) is 16.1. The predicted molar refractivity (Wildman–Crippen MR) is 101 cm³/mol.